The molecule has 36 heavy (non-hydrogen) atoms. The number of hydrogen-bond donors (Lipinski definition) is 0. The van der Waals surface area contributed by atoms with Gasteiger partial charge in [-0.05, 0) is 92.4 Å². The van der Waals surface area contributed by atoms with Gasteiger partial charge in [-0.25, -0.2) is 13.2 Å². The largest absolute Gasteiger partial charge is 0.491 e. The molecule has 0 N–H and O–H groups in total. The minimum absolute atomic E-state index is 0.000494. The summed E-state index contributed by atoms with van der Waals surface area (Å²) in [6.07, 6.45) is 10.8. The van der Waals surface area contributed by atoms with Gasteiger partial charge in [-0.3, -0.25) is 0 Å². The van der Waals surface area contributed by atoms with Gasteiger partial charge in [0.2, 0.25) is 0 Å². The fourth-order valence-electron chi connectivity index (χ4n) is 5.67. The maximum Gasteiger partial charge on any atom is 0.165 e. The van der Waals surface area contributed by atoms with E-state index in [1.807, 2.05) is 12.1 Å². The van der Waals surface area contributed by atoms with Gasteiger partial charge in [-0.2, -0.15) is 0 Å². The van der Waals surface area contributed by atoms with E-state index < -0.39 is 11.6 Å². The Kier molecular flexibility index (Phi) is 9.53. The molecule has 2 fully saturated rings. The minimum Gasteiger partial charge on any atom is -0.491 e. The van der Waals surface area contributed by atoms with Gasteiger partial charge in [-0.15, -0.1) is 6.58 Å². The van der Waals surface area contributed by atoms with Crippen LogP contribution in [0.4, 0.5) is 13.2 Å². The van der Waals surface area contributed by atoms with E-state index >= 15 is 0 Å². The lowest BCUT2D eigenvalue weighted by atomic mass is 9.79. The molecular weight excluding hydrogens is 461 g/mol. The molecule has 0 amide bonds. The smallest absolute Gasteiger partial charge is 0.165 e. The van der Waals surface area contributed by atoms with Crippen LogP contribution in [-0.2, 0) is 11.3 Å². The first-order chi connectivity index (χ1) is 17.5. The molecule has 0 aromatic heterocycles. The van der Waals surface area contributed by atoms with E-state index in [-0.39, 0.29) is 41.7 Å². The van der Waals surface area contributed by atoms with Crippen molar-refractivity contribution in [3.8, 4) is 5.75 Å². The summed E-state index contributed by atoms with van der Waals surface area (Å²) in [6, 6.07) is 8.71. The molecule has 0 saturated heterocycles. The Balaban J connectivity index is 1.26. The fraction of sp³-hybridized carbons (Fsp3) is 0.548. The lowest BCUT2D eigenvalue weighted by Gasteiger charge is -2.29. The van der Waals surface area contributed by atoms with Gasteiger partial charge >= 0.3 is 0 Å². The molecule has 2 aliphatic carbocycles. The highest BCUT2D eigenvalue weighted by Gasteiger charge is 2.26. The summed E-state index contributed by atoms with van der Waals surface area (Å²) < 4.78 is 55.7. The Morgan fingerprint density at radius 2 is 1.61 bits per heavy atom. The molecule has 2 aromatic carbocycles. The Labute approximate surface area is 213 Å². The molecule has 0 unspecified atom stereocenters. The first-order valence-electron chi connectivity index (χ1n) is 13.6. The summed E-state index contributed by atoms with van der Waals surface area (Å²) in [7, 11) is 0. The predicted octanol–water partition coefficient (Wildman–Crippen LogP) is 8.99. The Bertz CT molecular complexity index is 1010. The van der Waals surface area contributed by atoms with Gasteiger partial charge in [-0.1, -0.05) is 44.0 Å². The van der Waals surface area contributed by atoms with Crippen molar-refractivity contribution in [2.45, 2.75) is 95.7 Å². The lowest BCUT2D eigenvalue weighted by Crippen LogP contribution is -2.21. The number of halogens is 3. The van der Waals surface area contributed by atoms with Crippen molar-refractivity contribution in [3.63, 3.8) is 0 Å². The summed E-state index contributed by atoms with van der Waals surface area (Å²) in [5.41, 5.74) is 1.78. The number of allylic oxidation sites excluding steroid dienone is 1. The third-order valence-electron chi connectivity index (χ3n) is 8.03. The molecule has 4 rings (SSSR count). The number of ether oxygens (including phenoxy) is 2. The predicted molar refractivity (Wildman–Crippen MR) is 138 cm³/mol. The van der Waals surface area contributed by atoms with Crippen LogP contribution in [0.2, 0.25) is 0 Å². The Morgan fingerprint density at radius 3 is 2.31 bits per heavy atom. The van der Waals surface area contributed by atoms with Gasteiger partial charge in [0.1, 0.15) is 0 Å². The van der Waals surface area contributed by atoms with E-state index in [1.54, 1.807) is 24.3 Å². The summed E-state index contributed by atoms with van der Waals surface area (Å²) in [5, 5.41) is 0. The molecule has 2 nitrogen and oxygen atoms in total. The molecule has 0 atom stereocenters. The third kappa shape index (κ3) is 6.73. The van der Waals surface area contributed by atoms with Crippen molar-refractivity contribution in [3.05, 3.63) is 77.1 Å². The van der Waals surface area contributed by atoms with Crippen molar-refractivity contribution in [2.24, 2.45) is 5.92 Å². The van der Waals surface area contributed by atoms with E-state index in [2.05, 4.69) is 13.5 Å². The van der Waals surface area contributed by atoms with Gasteiger partial charge in [0.25, 0.3) is 0 Å². The highest BCUT2D eigenvalue weighted by molar-refractivity contribution is 5.32. The summed E-state index contributed by atoms with van der Waals surface area (Å²) in [6.45, 7) is 6.44. The first kappa shape index (κ1) is 26.8. The van der Waals surface area contributed by atoms with Gasteiger partial charge in [0.05, 0.1) is 19.3 Å². The first-order valence-corrected chi connectivity index (χ1v) is 13.6. The van der Waals surface area contributed by atoms with Crippen LogP contribution >= 0.6 is 0 Å². The molecule has 2 aliphatic rings. The van der Waals surface area contributed by atoms with Gasteiger partial charge in [0, 0.05) is 5.56 Å². The normalized spacial score (nSPS) is 24.4. The fourth-order valence-corrected chi connectivity index (χ4v) is 5.67. The Hall–Kier alpha value is -2.27. The quantitative estimate of drug-likeness (QED) is 0.239. The summed E-state index contributed by atoms with van der Waals surface area (Å²) in [4.78, 5) is 0. The van der Waals surface area contributed by atoms with E-state index in [0.29, 0.717) is 18.1 Å². The number of unbranched alkanes of at least 4 members (excludes halogenated alkanes) is 1. The molecule has 0 aliphatic heterocycles. The van der Waals surface area contributed by atoms with E-state index in [0.717, 1.165) is 69.8 Å². The average molecular weight is 501 g/mol. The zero-order chi connectivity index (χ0) is 25.5. The van der Waals surface area contributed by atoms with Crippen LogP contribution in [0.25, 0.3) is 0 Å². The average Bonchev–Trinajstić information content (AvgIpc) is 2.89. The topological polar surface area (TPSA) is 18.5 Å². The van der Waals surface area contributed by atoms with Crippen LogP contribution in [0.3, 0.4) is 0 Å². The lowest BCUT2D eigenvalue weighted by molar-refractivity contribution is 0.0118. The SMILES string of the molecule is C=CCCCOc1ccc(C2CCC(OCc3ccc(C4CCC(C)CC4)c(F)c3F)CC2)cc1F. The standard InChI is InChI=1S/C31H39F3O2/c1-3-4-5-18-35-29-17-13-24(19-28(29)32)22-10-14-26(15-11-22)36-20-25-12-16-27(31(34)30(25)33)23-8-6-21(2)7-9-23/h3,12-13,16-17,19,21-23,26H,1,4-11,14-15,18,20H2,2H3. The minimum atomic E-state index is -0.762. The van der Waals surface area contributed by atoms with Crippen LogP contribution in [-0.4, -0.2) is 12.7 Å². The highest BCUT2D eigenvalue weighted by Crippen LogP contribution is 2.38. The molecule has 0 spiro atoms. The molecule has 0 bridgehead atoms. The van der Waals surface area contributed by atoms with E-state index in [4.69, 9.17) is 9.47 Å². The van der Waals surface area contributed by atoms with E-state index in [9.17, 15) is 13.2 Å². The van der Waals surface area contributed by atoms with Crippen LogP contribution in [0, 0.1) is 23.4 Å². The summed E-state index contributed by atoms with van der Waals surface area (Å²) in [5.74, 6) is -0.450. The monoisotopic (exact) mass is 500 g/mol. The van der Waals surface area contributed by atoms with Gasteiger partial charge < -0.3 is 9.47 Å². The molecule has 0 radical (unpaired) electrons. The van der Waals surface area contributed by atoms with E-state index in [1.165, 1.54) is 0 Å². The van der Waals surface area contributed by atoms with Crippen molar-refractivity contribution in [1.82, 2.24) is 0 Å². The molecular formula is C31H39F3O2. The second kappa shape index (κ2) is 12.8. The molecule has 196 valence electrons. The molecule has 2 saturated carbocycles. The van der Waals surface area contributed by atoms with Crippen LogP contribution in [0.15, 0.2) is 43.0 Å². The van der Waals surface area contributed by atoms with Crippen molar-refractivity contribution in [2.75, 3.05) is 6.61 Å². The number of hydrogen-bond acceptors (Lipinski definition) is 2. The second-order valence-electron chi connectivity index (χ2n) is 10.7. The van der Waals surface area contributed by atoms with Crippen molar-refractivity contribution < 1.29 is 22.6 Å². The highest BCUT2D eigenvalue weighted by atomic mass is 19.2. The third-order valence-corrected chi connectivity index (χ3v) is 8.03. The summed E-state index contributed by atoms with van der Waals surface area (Å²) >= 11 is 0. The van der Waals surface area contributed by atoms with Crippen LogP contribution in [0.5, 0.6) is 5.75 Å². The molecule has 0 heterocycles. The number of benzene rings is 2. The molecule has 5 heteroatoms. The zero-order valence-corrected chi connectivity index (χ0v) is 21.4. The second-order valence-corrected chi connectivity index (χ2v) is 10.7. The maximum atomic E-state index is 14.8. The zero-order valence-electron chi connectivity index (χ0n) is 21.4. The van der Waals surface area contributed by atoms with Crippen molar-refractivity contribution in [1.29, 1.82) is 0 Å². The van der Waals surface area contributed by atoms with Crippen molar-refractivity contribution >= 4 is 0 Å². The maximum absolute atomic E-state index is 14.8. The van der Waals surface area contributed by atoms with Crippen LogP contribution < -0.4 is 4.74 Å². The molecule has 2 aromatic rings. The van der Waals surface area contributed by atoms with Gasteiger partial charge in [0.15, 0.2) is 23.2 Å². The number of rotatable bonds is 10. The Morgan fingerprint density at radius 1 is 0.889 bits per heavy atom. The van der Waals surface area contributed by atoms with Crippen LogP contribution in [0.1, 0.15) is 99.7 Å².